The molecule has 0 spiro atoms. The van der Waals surface area contributed by atoms with Gasteiger partial charge < -0.3 is 20.3 Å². The molecular weight excluding hydrogens is 411 g/mol. The fourth-order valence-electron chi connectivity index (χ4n) is 3.24. The molecule has 1 aliphatic rings. The van der Waals surface area contributed by atoms with E-state index in [1.165, 1.54) is 12.3 Å². The van der Waals surface area contributed by atoms with E-state index in [1.807, 2.05) is 4.90 Å². The van der Waals surface area contributed by atoms with Gasteiger partial charge in [0, 0.05) is 39.1 Å². The number of morpholine rings is 1. The first kappa shape index (κ1) is 22.5. The summed E-state index contributed by atoms with van der Waals surface area (Å²) in [7, 11) is 1.63. The first-order chi connectivity index (χ1) is 14.9. The van der Waals surface area contributed by atoms with Crippen molar-refractivity contribution < 1.29 is 22.7 Å². The number of aromatic nitrogens is 1. The zero-order valence-corrected chi connectivity index (χ0v) is 17.0. The number of halogens is 3. The van der Waals surface area contributed by atoms with E-state index in [2.05, 4.69) is 20.6 Å². The number of nitrogens with one attached hydrogen (secondary N) is 2. The van der Waals surface area contributed by atoms with E-state index in [0.29, 0.717) is 49.9 Å². The van der Waals surface area contributed by atoms with E-state index in [0.717, 1.165) is 12.1 Å². The predicted molar refractivity (Wildman–Crippen MR) is 110 cm³/mol. The smallest absolute Gasteiger partial charge is 0.370 e. The van der Waals surface area contributed by atoms with Crippen LogP contribution in [0.5, 0.6) is 0 Å². The number of nitrogens with zero attached hydrogens (tertiary/aromatic N) is 3. The van der Waals surface area contributed by atoms with Crippen molar-refractivity contribution in [3.8, 4) is 0 Å². The number of amides is 1. The lowest BCUT2D eigenvalue weighted by Crippen LogP contribution is -2.49. The molecule has 1 unspecified atom stereocenters. The Morgan fingerprint density at radius 3 is 2.77 bits per heavy atom. The van der Waals surface area contributed by atoms with Crippen LogP contribution in [-0.4, -0.2) is 61.6 Å². The maximum Gasteiger partial charge on any atom is 0.416 e. The highest BCUT2D eigenvalue weighted by molar-refractivity contribution is 5.93. The highest BCUT2D eigenvalue weighted by atomic mass is 19.4. The number of benzene rings is 1. The van der Waals surface area contributed by atoms with Crippen LogP contribution in [0, 0.1) is 0 Å². The molecule has 1 aliphatic heterocycles. The van der Waals surface area contributed by atoms with Gasteiger partial charge in [0.05, 0.1) is 24.3 Å². The number of hydrogen-bond acceptors (Lipinski definition) is 4. The van der Waals surface area contributed by atoms with Gasteiger partial charge in [0.1, 0.15) is 6.10 Å². The molecule has 1 amide bonds. The first-order valence-electron chi connectivity index (χ1n) is 9.81. The van der Waals surface area contributed by atoms with E-state index in [1.54, 1.807) is 31.4 Å². The molecule has 166 valence electrons. The summed E-state index contributed by atoms with van der Waals surface area (Å²) in [5.41, 5.74) is 0.250. The number of pyridine rings is 1. The van der Waals surface area contributed by atoms with Crippen LogP contribution in [0.15, 0.2) is 53.8 Å². The van der Waals surface area contributed by atoms with Gasteiger partial charge in [-0.3, -0.25) is 14.8 Å². The third-order valence-corrected chi connectivity index (χ3v) is 4.78. The Morgan fingerprint density at radius 2 is 2.06 bits per heavy atom. The molecular formula is C21H24F3N5O2. The molecule has 2 N–H and O–H groups in total. The summed E-state index contributed by atoms with van der Waals surface area (Å²) in [5.74, 6) is 0.372. The molecule has 31 heavy (non-hydrogen) atoms. The lowest BCUT2D eigenvalue weighted by molar-refractivity contribution is -0.137. The van der Waals surface area contributed by atoms with Gasteiger partial charge in [-0.2, -0.15) is 13.2 Å². The summed E-state index contributed by atoms with van der Waals surface area (Å²) < 4.78 is 44.8. The number of ether oxygens (including phenoxy) is 1. The van der Waals surface area contributed by atoms with Crippen LogP contribution in [-0.2, 0) is 10.9 Å². The number of alkyl halides is 3. The van der Waals surface area contributed by atoms with Gasteiger partial charge in [-0.1, -0.05) is 12.1 Å². The molecule has 1 aromatic heterocycles. The van der Waals surface area contributed by atoms with Gasteiger partial charge >= 0.3 is 6.18 Å². The lowest BCUT2D eigenvalue weighted by Gasteiger charge is -2.35. The summed E-state index contributed by atoms with van der Waals surface area (Å²) in [6.45, 7) is 2.08. The number of guanidine groups is 1. The fraction of sp³-hybridized carbons (Fsp3) is 0.381. The SMILES string of the molecule is CN=C(NCCNC(=O)c1cccnc1)N1CCOC(c2cccc(C(F)(F)F)c2)C1. The Balaban J connectivity index is 1.53. The van der Waals surface area contributed by atoms with E-state index in [4.69, 9.17) is 4.74 Å². The van der Waals surface area contributed by atoms with Crippen molar-refractivity contribution in [3.63, 3.8) is 0 Å². The highest BCUT2D eigenvalue weighted by Crippen LogP contribution is 2.32. The minimum absolute atomic E-state index is 0.221. The first-order valence-corrected chi connectivity index (χ1v) is 9.81. The van der Waals surface area contributed by atoms with Gasteiger partial charge in [0.15, 0.2) is 5.96 Å². The predicted octanol–water partition coefficient (Wildman–Crippen LogP) is 2.48. The average Bonchev–Trinajstić information content (AvgIpc) is 2.79. The number of hydrogen-bond donors (Lipinski definition) is 2. The Hall–Kier alpha value is -3.14. The van der Waals surface area contributed by atoms with Gasteiger partial charge in [0.2, 0.25) is 0 Å². The highest BCUT2D eigenvalue weighted by Gasteiger charge is 2.32. The standard InChI is InChI=1S/C21H24F3N5O2/c1-25-20(28-9-8-27-19(30)16-5-3-7-26-13-16)29-10-11-31-18(14-29)15-4-2-6-17(12-15)21(22,23)24/h2-7,12-13,18H,8-11,14H2,1H3,(H,25,28)(H,27,30). The van der Waals surface area contributed by atoms with Crippen LogP contribution < -0.4 is 10.6 Å². The third-order valence-electron chi connectivity index (χ3n) is 4.78. The van der Waals surface area contributed by atoms with E-state index >= 15 is 0 Å². The van der Waals surface area contributed by atoms with Crippen molar-refractivity contribution in [2.45, 2.75) is 12.3 Å². The summed E-state index contributed by atoms with van der Waals surface area (Å²) in [5, 5.41) is 5.95. The van der Waals surface area contributed by atoms with Crippen LogP contribution in [0.3, 0.4) is 0 Å². The summed E-state index contributed by atoms with van der Waals surface area (Å²) in [6.07, 6.45) is -1.82. The molecule has 1 saturated heterocycles. The molecule has 2 heterocycles. The summed E-state index contributed by atoms with van der Waals surface area (Å²) >= 11 is 0. The minimum Gasteiger partial charge on any atom is -0.370 e. The van der Waals surface area contributed by atoms with Crippen molar-refractivity contribution in [1.82, 2.24) is 20.5 Å². The molecule has 1 atom stereocenters. The molecule has 0 bridgehead atoms. The van der Waals surface area contributed by atoms with Gasteiger partial charge in [-0.25, -0.2) is 0 Å². The van der Waals surface area contributed by atoms with Crippen molar-refractivity contribution in [3.05, 3.63) is 65.5 Å². The van der Waals surface area contributed by atoms with Crippen LogP contribution in [0.2, 0.25) is 0 Å². The Bertz CT molecular complexity index is 905. The monoisotopic (exact) mass is 435 g/mol. The molecule has 0 radical (unpaired) electrons. The van der Waals surface area contributed by atoms with Crippen LogP contribution >= 0.6 is 0 Å². The molecule has 0 saturated carbocycles. The molecule has 10 heteroatoms. The second-order valence-electron chi connectivity index (χ2n) is 6.90. The maximum atomic E-state index is 13.0. The average molecular weight is 435 g/mol. The van der Waals surface area contributed by atoms with Crippen LogP contribution in [0.1, 0.15) is 27.6 Å². The normalized spacial score (nSPS) is 17.4. The third kappa shape index (κ3) is 6.17. The largest absolute Gasteiger partial charge is 0.416 e. The van der Waals surface area contributed by atoms with Gasteiger partial charge in [-0.05, 0) is 29.8 Å². The maximum absolute atomic E-state index is 13.0. The van der Waals surface area contributed by atoms with Crippen molar-refractivity contribution in [2.75, 3.05) is 39.8 Å². The number of rotatable bonds is 5. The zero-order chi connectivity index (χ0) is 22.3. The van der Waals surface area contributed by atoms with Crippen molar-refractivity contribution in [1.29, 1.82) is 0 Å². The second kappa shape index (κ2) is 10.3. The fourth-order valence-corrected chi connectivity index (χ4v) is 3.24. The van der Waals surface area contributed by atoms with Gasteiger partial charge in [-0.15, -0.1) is 0 Å². The van der Waals surface area contributed by atoms with Gasteiger partial charge in [0.25, 0.3) is 5.91 Å². The molecule has 3 rings (SSSR count). The second-order valence-corrected chi connectivity index (χ2v) is 6.90. The number of aliphatic imine (C=N–C) groups is 1. The lowest BCUT2D eigenvalue weighted by atomic mass is 10.0. The van der Waals surface area contributed by atoms with Crippen molar-refractivity contribution in [2.24, 2.45) is 4.99 Å². The number of carbonyl (C=O) groups is 1. The summed E-state index contributed by atoms with van der Waals surface area (Å²) in [4.78, 5) is 22.1. The van der Waals surface area contributed by atoms with Crippen molar-refractivity contribution >= 4 is 11.9 Å². The summed E-state index contributed by atoms with van der Waals surface area (Å²) in [6, 6.07) is 8.55. The quantitative estimate of drug-likeness (QED) is 0.429. The van der Waals surface area contributed by atoms with E-state index in [9.17, 15) is 18.0 Å². The minimum atomic E-state index is -4.40. The van der Waals surface area contributed by atoms with E-state index in [-0.39, 0.29) is 5.91 Å². The zero-order valence-electron chi connectivity index (χ0n) is 17.0. The Morgan fingerprint density at radius 1 is 1.26 bits per heavy atom. The number of carbonyl (C=O) groups excluding carboxylic acids is 1. The molecule has 0 aliphatic carbocycles. The van der Waals surface area contributed by atoms with E-state index < -0.39 is 17.8 Å². The Labute approximate surface area is 178 Å². The topological polar surface area (TPSA) is 78.8 Å². The van der Waals surface area contributed by atoms with Crippen LogP contribution in [0.25, 0.3) is 0 Å². The Kier molecular flexibility index (Phi) is 7.45. The van der Waals surface area contributed by atoms with Crippen LogP contribution in [0.4, 0.5) is 13.2 Å². The molecule has 2 aromatic rings. The molecule has 7 nitrogen and oxygen atoms in total. The molecule has 1 aromatic carbocycles. The molecule has 1 fully saturated rings.